The molecule has 0 saturated carbocycles. The van der Waals surface area contributed by atoms with Crippen molar-refractivity contribution in [1.29, 1.82) is 0 Å². The van der Waals surface area contributed by atoms with Crippen molar-refractivity contribution in [3.05, 3.63) is 24.3 Å². The average molecular weight is 212 g/mol. The smallest absolute Gasteiger partial charge is 0.218 e. The first kappa shape index (κ1) is 10.7. The van der Waals surface area contributed by atoms with Gasteiger partial charge in [0.1, 0.15) is 0 Å². The van der Waals surface area contributed by atoms with Crippen LogP contribution < -0.4 is 11.5 Å². The summed E-state index contributed by atoms with van der Waals surface area (Å²) in [6.07, 6.45) is 0.136. The van der Waals surface area contributed by atoms with Gasteiger partial charge in [-0.15, -0.1) is 0 Å². The molecule has 4 N–H and O–H groups in total. The van der Waals surface area contributed by atoms with Crippen LogP contribution in [0, 0.1) is 0 Å². The number of carbonyl (C=O) groups is 1. The second-order valence-electron chi connectivity index (χ2n) is 2.83. The normalized spacial score (nSPS) is 12.3. The molecule has 0 spiro atoms. The van der Waals surface area contributed by atoms with E-state index in [-0.39, 0.29) is 12.2 Å². The van der Waals surface area contributed by atoms with E-state index in [1.165, 1.54) is 0 Å². The SMILES string of the molecule is NC(=O)CCS(=O)c1ccc(N)cc1. The molecule has 14 heavy (non-hydrogen) atoms. The Hall–Kier alpha value is -1.36. The second kappa shape index (κ2) is 4.76. The fraction of sp³-hybridized carbons (Fsp3) is 0.222. The Labute approximate surface area is 84.7 Å². The van der Waals surface area contributed by atoms with Crippen LogP contribution in [0.3, 0.4) is 0 Å². The topological polar surface area (TPSA) is 86.2 Å². The van der Waals surface area contributed by atoms with Crippen LogP contribution in [0.15, 0.2) is 29.2 Å². The highest BCUT2D eigenvalue weighted by Crippen LogP contribution is 2.10. The van der Waals surface area contributed by atoms with Crippen LogP contribution in [0.25, 0.3) is 0 Å². The van der Waals surface area contributed by atoms with Crippen LogP contribution in [0.5, 0.6) is 0 Å². The highest BCUT2D eigenvalue weighted by atomic mass is 32.2. The van der Waals surface area contributed by atoms with E-state index in [0.717, 1.165) is 0 Å². The van der Waals surface area contributed by atoms with Crippen molar-refractivity contribution in [2.24, 2.45) is 5.73 Å². The maximum absolute atomic E-state index is 11.5. The number of rotatable bonds is 4. The molecule has 0 aliphatic heterocycles. The Morgan fingerprint density at radius 3 is 2.36 bits per heavy atom. The Morgan fingerprint density at radius 2 is 1.86 bits per heavy atom. The molecular weight excluding hydrogens is 200 g/mol. The van der Waals surface area contributed by atoms with Gasteiger partial charge in [0.05, 0.1) is 10.8 Å². The molecule has 0 bridgehead atoms. The molecule has 1 rings (SSSR count). The van der Waals surface area contributed by atoms with Crippen LogP contribution in [0.1, 0.15) is 6.42 Å². The molecule has 1 aromatic rings. The van der Waals surface area contributed by atoms with Gasteiger partial charge >= 0.3 is 0 Å². The molecule has 1 aromatic carbocycles. The summed E-state index contributed by atoms with van der Waals surface area (Å²) >= 11 is 0. The van der Waals surface area contributed by atoms with E-state index in [4.69, 9.17) is 11.5 Å². The molecule has 0 radical (unpaired) electrons. The standard InChI is InChI=1S/C9H12N2O2S/c10-7-1-3-8(4-2-7)14(13)6-5-9(11)12/h1-4H,5-6,10H2,(H2,11,12). The zero-order valence-electron chi connectivity index (χ0n) is 7.60. The summed E-state index contributed by atoms with van der Waals surface area (Å²) in [6.45, 7) is 0. The second-order valence-corrected chi connectivity index (χ2v) is 4.41. The molecule has 0 heterocycles. The molecule has 76 valence electrons. The van der Waals surface area contributed by atoms with Crippen molar-refractivity contribution in [1.82, 2.24) is 0 Å². The molecule has 0 aliphatic carbocycles. The van der Waals surface area contributed by atoms with Crippen LogP contribution in [0.4, 0.5) is 5.69 Å². The summed E-state index contributed by atoms with van der Waals surface area (Å²) in [5.74, 6) is -0.173. The quantitative estimate of drug-likeness (QED) is 0.701. The summed E-state index contributed by atoms with van der Waals surface area (Å²) in [4.78, 5) is 11.1. The molecule has 0 aromatic heterocycles. The number of amides is 1. The molecule has 1 atom stereocenters. The Morgan fingerprint density at radius 1 is 1.29 bits per heavy atom. The lowest BCUT2D eigenvalue weighted by molar-refractivity contribution is -0.117. The van der Waals surface area contributed by atoms with Gasteiger partial charge < -0.3 is 11.5 Å². The van der Waals surface area contributed by atoms with E-state index >= 15 is 0 Å². The van der Waals surface area contributed by atoms with Gasteiger partial charge in [-0.25, -0.2) is 0 Å². The number of anilines is 1. The number of benzene rings is 1. The van der Waals surface area contributed by atoms with E-state index in [9.17, 15) is 9.00 Å². The minimum absolute atomic E-state index is 0.136. The Kier molecular flexibility index (Phi) is 3.64. The van der Waals surface area contributed by atoms with Crippen molar-refractivity contribution >= 4 is 22.4 Å². The van der Waals surface area contributed by atoms with Crippen molar-refractivity contribution in [2.75, 3.05) is 11.5 Å². The number of hydrogen-bond acceptors (Lipinski definition) is 3. The van der Waals surface area contributed by atoms with Gasteiger partial charge in [0, 0.05) is 22.8 Å². The predicted octanol–water partition coefficient (Wildman–Crippen LogP) is 0.252. The van der Waals surface area contributed by atoms with Crippen molar-refractivity contribution < 1.29 is 9.00 Å². The molecule has 1 unspecified atom stereocenters. The third-order valence-corrected chi connectivity index (χ3v) is 3.05. The summed E-state index contributed by atoms with van der Waals surface area (Å²) in [5, 5.41) is 0. The van der Waals surface area contributed by atoms with Crippen LogP contribution >= 0.6 is 0 Å². The van der Waals surface area contributed by atoms with E-state index in [1.807, 2.05) is 0 Å². The molecule has 5 heteroatoms. The zero-order valence-corrected chi connectivity index (χ0v) is 8.42. The van der Waals surface area contributed by atoms with E-state index in [1.54, 1.807) is 24.3 Å². The summed E-state index contributed by atoms with van der Waals surface area (Å²) < 4.78 is 11.5. The molecule has 0 fully saturated rings. The van der Waals surface area contributed by atoms with E-state index < -0.39 is 16.7 Å². The van der Waals surface area contributed by atoms with Gasteiger partial charge in [-0.1, -0.05) is 0 Å². The van der Waals surface area contributed by atoms with Gasteiger partial charge in [-0.05, 0) is 24.3 Å². The zero-order chi connectivity index (χ0) is 10.6. The Balaban J connectivity index is 2.61. The summed E-state index contributed by atoms with van der Waals surface area (Å²) in [5.41, 5.74) is 11.1. The lowest BCUT2D eigenvalue weighted by Crippen LogP contribution is -2.14. The number of nitrogen functional groups attached to an aromatic ring is 1. The van der Waals surface area contributed by atoms with Gasteiger partial charge in [0.25, 0.3) is 0 Å². The highest BCUT2D eigenvalue weighted by Gasteiger charge is 2.04. The summed E-state index contributed by atoms with van der Waals surface area (Å²) in [7, 11) is -1.17. The number of nitrogens with two attached hydrogens (primary N) is 2. The predicted molar refractivity (Wildman–Crippen MR) is 55.9 cm³/mol. The third kappa shape index (κ3) is 3.18. The number of carbonyl (C=O) groups excluding carboxylic acids is 1. The fourth-order valence-electron chi connectivity index (χ4n) is 0.931. The average Bonchev–Trinajstić information content (AvgIpc) is 2.15. The minimum Gasteiger partial charge on any atom is -0.399 e. The summed E-state index contributed by atoms with van der Waals surface area (Å²) in [6, 6.07) is 6.73. The van der Waals surface area contributed by atoms with Crippen LogP contribution in [-0.2, 0) is 15.6 Å². The largest absolute Gasteiger partial charge is 0.399 e. The van der Waals surface area contributed by atoms with Gasteiger partial charge in [-0.2, -0.15) is 0 Å². The fourth-order valence-corrected chi connectivity index (χ4v) is 1.99. The van der Waals surface area contributed by atoms with Crippen LogP contribution in [0.2, 0.25) is 0 Å². The highest BCUT2D eigenvalue weighted by molar-refractivity contribution is 7.85. The van der Waals surface area contributed by atoms with Gasteiger partial charge in [0.15, 0.2) is 0 Å². The molecule has 0 aliphatic rings. The first-order chi connectivity index (χ1) is 6.59. The van der Waals surface area contributed by atoms with Crippen molar-refractivity contribution in [2.45, 2.75) is 11.3 Å². The van der Waals surface area contributed by atoms with Gasteiger partial charge in [0.2, 0.25) is 5.91 Å². The van der Waals surface area contributed by atoms with Crippen molar-refractivity contribution in [3.8, 4) is 0 Å². The van der Waals surface area contributed by atoms with Gasteiger partial charge in [-0.3, -0.25) is 9.00 Å². The van der Waals surface area contributed by atoms with Crippen LogP contribution in [-0.4, -0.2) is 15.9 Å². The first-order valence-electron chi connectivity index (χ1n) is 4.12. The Bertz CT molecular complexity index is 348. The maximum atomic E-state index is 11.5. The first-order valence-corrected chi connectivity index (χ1v) is 5.43. The van der Waals surface area contributed by atoms with E-state index in [0.29, 0.717) is 10.6 Å². The minimum atomic E-state index is -1.17. The molecule has 0 saturated heterocycles. The molecular formula is C9H12N2O2S. The third-order valence-electron chi connectivity index (χ3n) is 1.68. The van der Waals surface area contributed by atoms with E-state index in [2.05, 4.69) is 0 Å². The number of primary amides is 1. The maximum Gasteiger partial charge on any atom is 0.218 e. The molecule has 1 amide bonds. The number of hydrogen-bond donors (Lipinski definition) is 2. The van der Waals surface area contributed by atoms with Crippen molar-refractivity contribution in [3.63, 3.8) is 0 Å². The molecule has 4 nitrogen and oxygen atoms in total. The lowest BCUT2D eigenvalue weighted by Gasteiger charge is -2.00. The lowest BCUT2D eigenvalue weighted by atomic mass is 10.3. The monoisotopic (exact) mass is 212 g/mol.